The molecule has 0 bridgehead atoms. The van der Waals surface area contributed by atoms with Crippen molar-refractivity contribution >= 4 is 18.0 Å². The predicted octanol–water partition coefficient (Wildman–Crippen LogP) is 1.57. The Morgan fingerprint density at radius 2 is 1.72 bits per heavy atom. The van der Waals surface area contributed by atoms with Crippen molar-refractivity contribution in [2.24, 2.45) is 0 Å². The van der Waals surface area contributed by atoms with Crippen LogP contribution in [0.4, 0.5) is 4.79 Å². The molecule has 3 N–H and O–H groups in total. The molecule has 2 atom stereocenters. The smallest absolute Gasteiger partial charge is 0.407 e. The fourth-order valence-electron chi connectivity index (χ4n) is 2.89. The summed E-state index contributed by atoms with van der Waals surface area (Å²) >= 11 is 0. The number of benzene rings is 2. The van der Waals surface area contributed by atoms with Crippen molar-refractivity contribution in [3.05, 3.63) is 65.7 Å². The van der Waals surface area contributed by atoms with Crippen LogP contribution in [0.15, 0.2) is 54.6 Å². The number of hydrogen-bond donors (Lipinski definition) is 3. The van der Waals surface area contributed by atoms with E-state index in [1.54, 1.807) is 24.3 Å². The van der Waals surface area contributed by atoms with Crippen molar-refractivity contribution < 1.29 is 33.7 Å². The minimum Gasteiger partial charge on any atom is -0.497 e. The lowest BCUT2D eigenvalue weighted by molar-refractivity contribution is -0.145. The number of aliphatic hydroxyl groups excluding tert-OH is 1. The fourth-order valence-corrected chi connectivity index (χ4v) is 2.89. The summed E-state index contributed by atoms with van der Waals surface area (Å²) in [6, 6.07) is 15.3. The van der Waals surface area contributed by atoms with Crippen LogP contribution in [0.2, 0.25) is 0 Å². The third-order valence-electron chi connectivity index (χ3n) is 4.51. The number of carbonyl (C=O) groups is 3. The van der Waals surface area contributed by atoms with Gasteiger partial charge in [-0.3, -0.25) is 4.79 Å². The van der Waals surface area contributed by atoms with Crippen molar-refractivity contribution in [1.29, 1.82) is 0 Å². The van der Waals surface area contributed by atoms with Gasteiger partial charge in [0.25, 0.3) is 0 Å². The van der Waals surface area contributed by atoms with E-state index in [-0.39, 0.29) is 26.0 Å². The average Bonchev–Trinajstić information content (AvgIpc) is 2.81. The van der Waals surface area contributed by atoms with Crippen molar-refractivity contribution in [3.8, 4) is 5.75 Å². The van der Waals surface area contributed by atoms with E-state index in [1.165, 1.54) is 14.2 Å². The second-order valence-electron chi connectivity index (χ2n) is 7.00. The molecule has 2 amide bonds. The Labute approximate surface area is 186 Å². The summed E-state index contributed by atoms with van der Waals surface area (Å²) in [5, 5.41) is 15.0. The van der Waals surface area contributed by atoms with Gasteiger partial charge in [-0.1, -0.05) is 42.5 Å². The zero-order valence-electron chi connectivity index (χ0n) is 18.1. The summed E-state index contributed by atoms with van der Waals surface area (Å²) < 4.78 is 15.0. The number of methoxy groups -OCH3 is 2. The van der Waals surface area contributed by atoms with E-state index < -0.39 is 30.1 Å². The molecule has 0 radical (unpaired) electrons. The second kappa shape index (κ2) is 13.0. The molecule has 0 aliphatic carbocycles. The van der Waals surface area contributed by atoms with Crippen LogP contribution in [0.3, 0.4) is 0 Å². The number of aliphatic hydroxyl groups is 1. The highest BCUT2D eigenvalue weighted by atomic mass is 16.5. The van der Waals surface area contributed by atoms with E-state index in [1.807, 2.05) is 30.3 Å². The zero-order chi connectivity index (χ0) is 23.3. The first-order valence-electron chi connectivity index (χ1n) is 10.0. The highest BCUT2D eigenvalue weighted by Gasteiger charge is 2.23. The molecule has 2 aromatic rings. The summed E-state index contributed by atoms with van der Waals surface area (Å²) in [4.78, 5) is 36.1. The lowest BCUT2D eigenvalue weighted by Gasteiger charge is -2.18. The summed E-state index contributed by atoms with van der Waals surface area (Å²) in [5.74, 6) is -0.549. The van der Waals surface area contributed by atoms with Gasteiger partial charge in [-0.25, -0.2) is 9.59 Å². The van der Waals surface area contributed by atoms with Crippen LogP contribution < -0.4 is 15.4 Å². The first kappa shape index (κ1) is 24.7. The zero-order valence-corrected chi connectivity index (χ0v) is 18.1. The normalized spacial score (nSPS) is 12.2. The number of carbonyl (C=O) groups excluding carboxylic acids is 3. The van der Waals surface area contributed by atoms with Crippen molar-refractivity contribution in [3.63, 3.8) is 0 Å². The van der Waals surface area contributed by atoms with Crippen molar-refractivity contribution in [2.45, 2.75) is 31.6 Å². The lowest BCUT2D eigenvalue weighted by atomic mass is 10.1. The molecule has 0 aliphatic rings. The standard InChI is InChI=1S/C23H28N2O7/c1-30-19-10-6-9-17(11-19)12-20(22(28)31-2)25-21(27)13-18(26)14-24-23(29)32-15-16-7-4-3-5-8-16/h3-11,18,20,26H,12-15H2,1-2H3,(H,24,29)(H,25,27)/t18-,20+/m1/s1. The molecule has 0 aromatic heterocycles. The maximum atomic E-state index is 12.3. The highest BCUT2D eigenvalue weighted by molar-refractivity contribution is 5.85. The maximum Gasteiger partial charge on any atom is 0.407 e. The lowest BCUT2D eigenvalue weighted by Crippen LogP contribution is -2.45. The summed E-state index contributed by atoms with van der Waals surface area (Å²) in [7, 11) is 2.76. The monoisotopic (exact) mass is 444 g/mol. The van der Waals surface area contributed by atoms with Gasteiger partial charge >= 0.3 is 12.1 Å². The molecule has 2 rings (SSSR count). The third-order valence-corrected chi connectivity index (χ3v) is 4.51. The molecule has 0 saturated carbocycles. The summed E-state index contributed by atoms with van der Waals surface area (Å²) in [5.41, 5.74) is 1.59. The van der Waals surface area contributed by atoms with E-state index in [2.05, 4.69) is 10.6 Å². The first-order chi connectivity index (χ1) is 15.4. The molecule has 0 fully saturated rings. The van der Waals surface area contributed by atoms with E-state index in [9.17, 15) is 19.5 Å². The van der Waals surface area contributed by atoms with Gasteiger partial charge in [0.15, 0.2) is 0 Å². The van der Waals surface area contributed by atoms with E-state index in [0.29, 0.717) is 5.75 Å². The number of rotatable bonds is 11. The highest BCUT2D eigenvalue weighted by Crippen LogP contribution is 2.14. The van der Waals surface area contributed by atoms with Crippen molar-refractivity contribution in [1.82, 2.24) is 10.6 Å². The topological polar surface area (TPSA) is 123 Å². The Bertz CT molecular complexity index is 889. The summed E-state index contributed by atoms with van der Waals surface area (Å²) in [6.07, 6.45) is -1.99. The number of hydrogen-bond acceptors (Lipinski definition) is 7. The van der Waals surface area contributed by atoms with Crippen LogP contribution in [-0.2, 0) is 32.1 Å². The molecule has 32 heavy (non-hydrogen) atoms. The number of alkyl carbamates (subject to hydrolysis) is 1. The Morgan fingerprint density at radius 3 is 2.41 bits per heavy atom. The number of amides is 2. The van der Waals surface area contributed by atoms with Gasteiger partial charge in [-0.2, -0.15) is 0 Å². The molecular weight excluding hydrogens is 416 g/mol. The molecule has 0 aliphatic heterocycles. The average molecular weight is 444 g/mol. The number of esters is 1. The van der Waals surface area contributed by atoms with Crippen LogP contribution in [0, 0.1) is 0 Å². The van der Waals surface area contributed by atoms with Gasteiger partial charge in [0.2, 0.25) is 5.91 Å². The van der Waals surface area contributed by atoms with E-state index >= 15 is 0 Å². The van der Waals surface area contributed by atoms with Gasteiger partial charge in [0.05, 0.1) is 26.7 Å². The van der Waals surface area contributed by atoms with Crippen LogP contribution in [0.25, 0.3) is 0 Å². The molecule has 0 saturated heterocycles. The molecule has 2 aromatic carbocycles. The van der Waals surface area contributed by atoms with Gasteiger partial charge in [-0.15, -0.1) is 0 Å². The van der Waals surface area contributed by atoms with Gasteiger partial charge in [0, 0.05) is 13.0 Å². The molecule has 9 heteroatoms. The SMILES string of the molecule is COC(=O)[C@H](Cc1cccc(OC)c1)NC(=O)C[C@@H](O)CNC(=O)OCc1ccccc1. The van der Waals surface area contributed by atoms with Crippen LogP contribution in [0.5, 0.6) is 5.75 Å². The molecule has 0 heterocycles. The molecular formula is C23H28N2O7. The first-order valence-corrected chi connectivity index (χ1v) is 10.0. The summed E-state index contributed by atoms with van der Waals surface area (Å²) in [6.45, 7) is -0.0891. The fraction of sp³-hybridized carbons (Fsp3) is 0.348. The number of nitrogens with one attached hydrogen (secondary N) is 2. The molecule has 0 spiro atoms. The third kappa shape index (κ3) is 8.65. The molecule has 0 unspecified atom stereocenters. The van der Waals surface area contributed by atoms with Gasteiger partial charge in [0.1, 0.15) is 18.4 Å². The minimum atomic E-state index is -1.16. The Hall–Kier alpha value is -3.59. The quantitative estimate of drug-likeness (QED) is 0.450. The van der Waals surface area contributed by atoms with Crippen molar-refractivity contribution in [2.75, 3.05) is 20.8 Å². The molecule has 9 nitrogen and oxygen atoms in total. The Morgan fingerprint density at radius 1 is 1.00 bits per heavy atom. The minimum absolute atomic E-state index is 0.0916. The Balaban J connectivity index is 1.79. The van der Waals surface area contributed by atoms with Crippen LogP contribution in [0.1, 0.15) is 17.5 Å². The number of ether oxygens (including phenoxy) is 3. The largest absolute Gasteiger partial charge is 0.497 e. The van der Waals surface area contributed by atoms with Gasteiger partial charge in [-0.05, 0) is 23.3 Å². The van der Waals surface area contributed by atoms with Gasteiger partial charge < -0.3 is 30.0 Å². The predicted molar refractivity (Wildman–Crippen MR) is 116 cm³/mol. The van der Waals surface area contributed by atoms with Crippen LogP contribution in [-0.4, -0.2) is 56.0 Å². The van der Waals surface area contributed by atoms with E-state index in [0.717, 1.165) is 11.1 Å². The maximum absolute atomic E-state index is 12.3. The van der Waals surface area contributed by atoms with E-state index in [4.69, 9.17) is 14.2 Å². The Kier molecular flexibility index (Phi) is 9.99. The second-order valence-corrected chi connectivity index (χ2v) is 7.00. The molecule has 172 valence electrons. The van der Waals surface area contributed by atoms with Crippen LogP contribution >= 0.6 is 0 Å².